The SMILES string of the molecule is Cc1nc(Nc2ncc(C(=O)Nc3c(C)cccc3Cl)s2)cc(N2CCN(CCOC(=O)C(C)(C)C)CC2)n1. The fourth-order valence-electron chi connectivity index (χ4n) is 3.97. The van der Waals surface area contributed by atoms with Gasteiger partial charge in [0.1, 0.15) is 28.9 Å². The molecular formula is C27H34ClN7O3S. The van der Waals surface area contributed by atoms with Gasteiger partial charge in [-0.2, -0.15) is 0 Å². The number of carbonyl (C=O) groups excluding carboxylic acids is 2. The highest BCUT2D eigenvalue weighted by Crippen LogP contribution is 2.28. The number of hydrogen-bond donors (Lipinski definition) is 2. The van der Waals surface area contributed by atoms with E-state index in [1.165, 1.54) is 17.5 Å². The molecular weight excluding hydrogens is 538 g/mol. The monoisotopic (exact) mass is 571 g/mol. The molecule has 12 heteroatoms. The minimum atomic E-state index is -0.489. The molecule has 0 bridgehead atoms. The van der Waals surface area contributed by atoms with Gasteiger partial charge in [0.15, 0.2) is 5.13 Å². The summed E-state index contributed by atoms with van der Waals surface area (Å²) in [6.07, 6.45) is 1.53. The van der Waals surface area contributed by atoms with Crippen molar-refractivity contribution in [1.82, 2.24) is 19.9 Å². The Labute approximate surface area is 237 Å². The van der Waals surface area contributed by atoms with Crippen molar-refractivity contribution in [3.05, 3.63) is 51.7 Å². The third-order valence-corrected chi connectivity index (χ3v) is 7.43. The van der Waals surface area contributed by atoms with Gasteiger partial charge in [-0.3, -0.25) is 14.5 Å². The fourth-order valence-corrected chi connectivity index (χ4v) is 4.96. The zero-order valence-corrected chi connectivity index (χ0v) is 24.4. The second-order valence-electron chi connectivity index (χ2n) is 10.4. The molecule has 39 heavy (non-hydrogen) atoms. The number of carbonyl (C=O) groups is 2. The van der Waals surface area contributed by atoms with Gasteiger partial charge in [-0.1, -0.05) is 35.1 Å². The second kappa shape index (κ2) is 12.3. The normalized spacial score (nSPS) is 14.3. The first kappa shape index (κ1) is 28.7. The molecule has 3 aromatic rings. The number of hydrogen-bond acceptors (Lipinski definition) is 10. The van der Waals surface area contributed by atoms with E-state index in [-0.39, 0.29) is 11.9 Å². The van der Waals surface area contributed by atoms with Crippen LogP contribution in [0.5, 0.6) is 0 Å². The zero-order chi connectivity index (χ0) is 28.2. The Kier molecular flexibility index (Phi) is 9.04. The largest absolute Gasteiger partial charge is 0.464 e. The highest BCUT2D eigenvalue weighted by Gasteiger charge is 2.24. The molecule has 0 radical (unpaired) electrons. The molecule has 0 aliphatic carbocycles. The van der Waals surface area contributed by atoms with Gasteiger partial charge in [0, 0.05) is 38.8 Å². The number of nitrogens with one attached hydrogen (secondary N) is 2. The lowest BCUT2D eigenvalue weighted by atomic mass is 9.97. The van der Waals surface area contributed by atoms with Gasteiger partial charge < -0.3 is 20.3 Å². The maximum Gasteiger partial charge on any atom is 0.311 e. The van der Waals surface area contributed by atoms with Crippen molar-refractivity contribution in [3.63, 3.8) is 0 Å². The maximum absolute atomic E-state index is 12.8. The van der Waals surface area contributed by atoms with E-state index in [1.54, 1.807) is 6.07 Å². The van der Waals surface area contributed by atoms with Gasteiger partial charge in [0.05, 0.1) is 22.3 Å². The number of amides is 1. The number of piperazine rings is 1. The predicted octanol–water partition coefficient (Wildman–Crippen LogP) is 4.91. The number of esters is 1. The second-order valence-corrected chi connectivity index (χ2v) is 11.9. The smallest absolute Gasteiger partial charge is 0.311 e. The topological polar surface area (TPSA) is 113 Å². The Morgan fingerprint density at radius 1 is 1.13 bits per heavy atom. The number of thiazole rings is 1. The van der Waals surface area contributed by atoms with Gasteiger partial charge in [0.2, 0.25) is 0 Å². The van der Waals surface area contributed by atoms with Gasteiger partial charge in [0.25, 0.3) is 5.91 Å². The van der Waals surface area contributed by atoms with E-state index in [1.807, 2.05) is 52.8 Å². The molecule has 0 unspecified atom stereocenters. The molecule has 2 N–H and O–H groups in total. The Hall–Kier alpha value is -3.28. The van der Waals surface area contributed by atoms with E-state index in [2.05, 4.69) is 35.4 Å². The third-order valence-electron chi connectivity index (χ3n) is 6.20. The summed E-state index contributed by atoms with van der Waals surface area (Å²) in [7, 11) is 0. The summed E-state index contributed by atoms with van der Waals surface area (Å²) < 4.78 is 5.41. The van der Waals surface area contributed by atoms with Crippen molar-refractivity contribution < 1.29 is 14.3 Å². The van der Waals surface area contributed by atoms with Crippen LogP contribution in [-0.2, 0) is 9.53 Å². The molecule has 10 nitrogen and oxygen atoms in total. The Morgan fingerprint density at radius 3 is 2.56 bits per heavy atom. The zero-order valence-electron chi connectivity index (χ0n) is 22.9. The van der Waals surface area contributed by atoms with E-state index in [0.717, 1.165) is 37.6 Å². The Balaban J connectivity index is 1.33. The summed E-state index contributed by atoms with van der Waals surface area (Å²) in [5.74, 6) is 1.61. The minimum absolute atomic E-state index is 0.179. The highest BCUT2D eigenvalue weighted by atomic mass is 35.5. The van der Waals surface area contributed by atoms with Crippen molar-refractivity contribution >= 4 is 57.3 Å². The van der Waals surface area contributed by atoms with Crippen molar-refractivity contribution in [2.24, 2.45) is 5.41 Å². The summed E-state index contributed by atoms with van der Waals surface area (Å²) >= 11 is 7.48. The van der Waals surface area contributed by atoms with Crippen LogP contribution in [0.4, 0.5) is 22.5 Å². The number of para-hydroxylation sites is 1. The number of rotatable bonds is 8. The minimum Gasteiger partial charge on any atom is -0.464 e. The molecule has 1 saturated heterocycles. The maximum atomic E-state index is 12.8. The Morgan fingerprint density at radius 2 is 1.87 bits per heavy atom. The summed E-state index contributed by atoms with van der Waals surface area (Å²) in [5.41, 5.74) is 0.985. The van der Waals surface area contributed by atoms with Crippen LogP contribution in [0.1, 0.15) is 41.8 Å². The van der Waals surface area contributed by atoms with Crippen molar-refractivity contribution in [3.8, 4) is 0 Å². The first-order valence-electron chi connectivity index (χ1n) is 12.8. The van der Waals surface area contributed by atoms with Gasteiger partial charge in [-0.15, -0.1) is 0 Å². The summed E-state index contributed by atoms with van der Waals surface area (Å²) in [6, 6.07) is 7.36. The first-order chi connectivity index (χ1) is 18.5. The molecule has 3 heterocycles. The lowest BCUT2D eigenvalue weighted by Gasteiger charge is -2.35. The van der Waals surface area contributed by atoms with Crippen molar-refractivity contribution in [2.75, 3.05) is 54.9 Å². The van der Waals surface area contributed by atoms with Gasteiger partial charge >= 0.3 is 5.97 Å². The quantitative estimate of drug-likeness (QED) is 0.364. The number of aryl methyl sites for hydroxylation is 2. The molecule has 0 saturated carbocycles. The molecule has 1 aliphatic heterocycles. The van der Waals surface area contributed by atoms with Crippen LogP contribution in [0, 0.1) is 19.3 Å². The van der Waals surface area contributed by atoms with E-state index in [4.69, 9.17) is 16.3 Å². The molecule has 2 aromatic heterocycles. The van der Waals surface area contributed by atoms with E-state index >= 15 is 0 Å². The fraction of sp³-hybridized carbons (Fsp3) is 0.444. The van der Waals surface area contributed by atoms with Crippen LogP contribution < -0.4 is 15.5 Å². The Bertz CT molecular complexity index is 1310. The lowest BCUT2D eigenvalue weighted by Crippen LogP contribution is -2.47. The van der Waals surface area contributed by atoms with Gasteiger partial charge in [-0.05, 0) is 46.2 Å². The number of nitrogens with zero attached hydrogens (tertiary/aromatic N) is 5. The molecule has 208 valence electrons. The van der Waals surface area contributed by atoms with Crippen LogP contribution in [0.3, 0.4) is 0 Å². The molecule has 0 atom stereocenters. The van der Waals surface area contributed by atoms with E-state index in [0.29, 0.717) is 45.5 Å². The standard InChI is InChI=1S/C27H34ClN7O3S/c1-17-7-6-8-19(28)23(17)33-24(36)20-16-29-26(39-20)32-21-15-22(31-18(2)30-21)35-11-9-34(10-12-35)13-14-38-25(37)27(3,4)5/h6-8,15-16H,9-14H2,1-5H3,(H,33,36)(H,29,30,31,32). The first-order valence-corrected chi connectivity index (χ1v) is 14.0. The van der Waals surface area contributed by atoms with Crippen LogP contribution in [0.2, 0.25) is 5.02 Å². The third kappa shape index (κ3) is 7.65. The molecule has 4 rings (SSSR count). The summed E-state index contributed by atoms with van der Waals surface area (Å²) in [5, 5.41) is 7.12. The van der Waals surface area contributed by atoms with Crippen molar-refractivity contribution in [2.45, 2.75) is 34.6 Å². The van der Waals surface area contributed by atoms with Crippen LogP contribution in [-0.4, -0.2) is 71.1 Å². The lowest BCUT2D eigenvalue weighted by molar-refractivity contribution is -0.153. The van der Waals surface area contributed by atoms with E-state index < -0.39 is 5.41 Å². The molecule has 1 amide bonds. The summed E-state index contributed by atoms with van der Waals surface area (Å²) in [6.45, 7) is 13.7. The number of benzene rings is 1. The predicted molar refractivity (Wildman–Crippen MR) is 155 cm³/mol. The van der Waals surface area contributed by atoms with Gasteiger partial charge in [-0.25, -0.2) is 15.0 Å². The number of halogens is 1. The average Bonchev–Trinajstić information content (AvgIpc) is 3.34. The van der Waals surface area contributed by atoms with Crippen LogP contribution in [0.15, 0.2) is 30.5 Å². The molecule has 1 aromatic carbocycles. The molecule has 1 aliphatic rings. The van der Waals surface area contributed by atoms with Crippen LogP contribution in [0.25, 0.3) is 0 Å². The van der Waals surface area contributed by atoms with Crippen molar-refractivity contribution in [1.29, 1.82) is 0 Å². The number of ether oxygens (including phenoxy) is 1. The van der Waals surface area contributed by atoms with Crippen LogP contribution >= 0.6 is 22.9 Å². The average molecular weight is 572 g/mol. The summed E-state index contributed by atoms with van der Waals surface area (Å²) in [4.78, 5) is 43.2. The number of anilines is 4. The number of aromatic nitrogens is 3. The highest BCUT2D eigenvalue weighted by molar-refractivity contribution is 7.17. The molecule has 1 fully saturated rings. The van der Waals surface area contributed by atoms with E-state index in [9.17, 15) is 9.59 Å². The molecule has 0 spiro atoms.